The van der Waals surface area contributed by atoms with Crippen molar-refractivity contribution in [2.75, 3.05) is 0 Å². The molecule has 0 radical (unpaired) electrons. The predicted molar refractivity (Wildman–Crippen MR) is 74.4 cm³/mol. The summed E-state index contributed by atoms with van der Waals surface area (Å²) < 4.78 is 6.47. The molecule has 0 saturated heterocycles. The van der Waals surface area contributed by atoms with Crippen LogP contribution in [0, 0.1) is 34.5 Å². The molecule has 0 aliphatic heterocycles. The lowest BCUT2D eigenvalue weighted by Crippen LogP contribution is -2.63. The fourth-order valence-corrected chi connectivity index (χ4v) is 6.63. The van der Waals surface area contributed by atoms with Crippen molar-refractivity contribution in [3.63, 3.8) is 0 Å². The van der Waals surface area contributed by atoms with Gasteiger partial charge in [0.15, 0.2) is 8.32 Å². The quantitative estimate of drug-likeness (QED) is 0.707. The Morgan fingerprint density at radius 3 is 2.06 bits per heavy atom. The van der Waals surface area contributed by atoms with E-state index in [1.807, 2.05) is 0 Å². The van der Waals surface area contributed by atoms with Crippen LogP contribution in [0.2, 0.25) is 19.6 Å². The van der Waals surface area contributed by atoms with Crippen LogP contribution in [0.4, 0.5) is 0 Å². The van der Waals surface area contributed by atoms with E-state index in [-0.39, 0.29) is 0 Å². The summed E-state index contributed by atoms with van der Waals surface area (Å²) >= 11 is 0. The lowest BCUT2D eigenvalue weighted by atomic mass is 9.45. The van der Waals surface area contributed by atoms with E-state index in [0.717, 1.165) is 5.92 Å². The predicted octanol–water partition coefficient (Wildman–Crippen LogP) is 3.95. The molecule has 4 aliphatic rings. The number of nitrogens with zero attached hydrogens (tertiary/aromatic N) is 1. The second kappa shape index (κ2) is 3.61. The van der Waals surface area contributed by atoms with Crippen molar-refractivity contribution < 1.29 is 4.43 Å². The monoisotopic (exact) mass is 263 g/mol. The molecule has 4 saturated carbocycles. The van der Waals surface area contributed by atoms with Crippen LogP contribution >= 0.6 is 0 Å². The molecule has 3 heteroatoms. The molecule has 2 unspecified atom stereocenters. The summed E-state index contributed by atoms with van der Waals surface area (Å²) in [5.74, 6) is 1.88. The van der Waals surface area contributed by atoms with Crippen LogP contribution < -0.4 is 0 Å². The molecule has 0 aromatic heterocycles. The van der Waals surface area contributed by atoms with Gasteiger partial charge in [-0.15, -0.1) is 0 Å². The van der Waals surface area contributed by atoms with Crippen LogP contribution in [0.25, 0.3) is 0 Å². The number of nitriles is 1. The molecular formula is C15H25NOSi. The van der Waals surface area contributed by atoms with Crippen molar-refractivity contribution >= 4 is 8.32 Å². The molecule has 100 valence electrons. The van der Waals surface area contributed by atoms with Crippen LogP contribution in [0.5, 0.6) is 0 Å². The zero-order valence-electron chi connectivity index (χ0n) is 12.1. The average Bonchev–Trinajstić information content (AvgIpc) is 2.20. The molecule has 0 spiro atoms. The van der Waals surface area contributed by atoms with E-state index in [9.17, 15) is 5.26 Å². The Morgan fingerprint density at radius 1 is 1.11 bits per heavy atom. The lowest BCUT2D eigenvalue weighted by Gasteiger charge is -2.63. The first kappa shape index (κ1) is 12.7. The highest BCUT2D eigenvalue weighted by Gasteiger charge is 2.62. The Morgan fingerprint density at radius 2 is 1.67 bits per heavy atom. The van der Waals surface area contributed by atoms with Gasteiger partial charge in [-0.1, -0.05) is 6.92 Å². The first-order chi connectivity index (χ1) is 8.26. The molecule has 0 aromatic rings. The Hall–Kier alpha value is -0.333. The summed E-state index contributed by atoms with van der Waals surface area (Å²) in [6.45, 7) is 9.10. The Labute approximate surface area is 112 Å². The number of hydrogen-bond acceptors (Lipinski definition) is 2. The van der Waals surface area contributed by atoms with Crippen LogP contribution in [0.15, 0.2) is 0 Å². The zero-order chi connectivity index (χ0) is 13.2. The Balaban J connectivity index is 1.96. The molecule has 0 N–H and O–H groups in total. The van der Waals surface area contributed by atoms with Crippen LogP contribution in [-0.2, 0) is 4.43 Å². The summed E-state index contributed by atoms with van der Waals surface area (Å²) in [7, 11) is -1.66. The first-order valence-corrected chi connectivity index (χ1v) is 10.8. The van der Waals surface area contributed by atoms with Crippen LogP contribution in [0.1, 0.15) is 39.0 Å². The molecule has 4 fully saturated rings. The molecular weight excluding hydrogens is 238 g/mol. The van der Waals surface area contributed by atoms with Gasteiger partial charge in [-0.2, -0.15) is 5.26 Å². The highest BCUT2D eigenvalue weighted by Crippen LogP contribution is 2.64. The minimum absolute atomic E-state index is 0.430. The third-order valence-corrected chi connectivity index (χ3v) is 6.31. The molecule has 2 atom stereocenters. The van der Waals surface area contributed by atoms with Crippen molar-refractivity contribution in [3.05, 3.63) is 0 Å². The number of hydrogen-bond donors (Lipinski definition) is 0. The maximum Gasteiger partial charge on any atom is 0.185 e. The SMILES string of the molecule is CC12CC3CC(C1)C(C#N)(O[Si](C)(C)C)C(C3)C2. The van der Waals surface area contributed by atoms with Gasteiger partial charge in [0.25, 0.3) is 0 Å². The van der Waals surface area contributed by atoms with Crippen molar-refractivity contribution in [1.82, 2.24) is 0 Å². The van der Waals surface area contributed by atoms with E-state index >= 15 is 0 Å². The van der Waals surface area contributed by atoms with Gasteiger partial charge in [-0.3, -0.25) is 0 Å². The molecule has 2 nitrogen and oxygen atoms in total. The van der Waals surface area contributed by atoms with E-state index in [1.54, 1.807) is 0 Å². The minimum Gasteiger partial charge on any atom is -0.399 e. The van der Waals surface area contributed by atoms with Gasteiger partial charge in [-0.05, 0) is 63.1 Å². The van der Waals surface area contributed by atoms with Gasteiger partial charge in [0.1, 0.15) is 5.60 Å². The van der Waals surface area contributed by atoms with Gasteiger partial charge in [0.2, 0.25) is 0 Å². The maximum absolute atomic E-state index is 9.84. The van der Waals surface area contributed by atoms with E-state index in [1.165, 1.54) is 32.1 Å². The fraction of sp³-hybridized carbons (Fsp3) is 0.933. The highest BCUT2D eigenvalue weighted by atomic mass is 28.4. The molecule has 0 aromatic carbocycles. The standard InChI is InChI=1S/C15H25NOSi/c1-14-7-11-5-12(8-14)15(10-16,13(6-11)9-14)17-18(2,3)4/h11-13H,5-9H2,1-4H3. The second-order valence-electron chi connectivity index (χ2n) is 8.27. The third-order valence-electron chi connectivity index (χ3n) is 5.36. The summed E-state index contributed by atoms with van der Waals surface area (Å²) in [6.07, 6.45) is 6.32. The van der Waals surface area contributed by atoms with Crippen molar-refractivity contribution in [3.8, 4) is 6.07 Å². The molecule has 18 heavy (non-hydrogen) atoms. The lowest BCUT2D eigenvalue weighted by molar-refractivity contribution is -0.157. The van der Waals surface area contributed by atoms with Gasteiger partial charge < -0.3 is 4.43 Å². The van der Waals surface area contributed by atoms with E-state index in [0.29, 0.717) is 17.3 Å². The Bertz CT molecular complexity index is 390. The van der Waals surface area contributed by atoms with Gasteiger partial charge >= 0.3 is 0 Å². The van der Waals surface area contributed by atoms with Gasteiger partial charge in [0.05, 0.1) is 6.07 Å². The molecule has 4 aliphatic carbocycles. The number of rotatable bonds is 2. The van der Waals surface area contributed by atoms with Crippen LogP contribution in [0.3, 0.4) is 0 Å². The van der Waals surface area contributed by atoms with E-state index in [2.05, 4.69) is 32.6 Å². The molecule has 4 bridgehead atoms. The van der Waals surface area contributed by atoms with Gasteiger partial charge in [0, 0.05) is 11.8 Å². The van der Waals surface area contributed by atoms with Crippen molar-refractivity contribution in [2.45, 2.75) is 64.3 Å². The van der Waals surface area contributed by atoms with Crippen molar-refractivity contribution in [1.29, 1.82) is 5.26 Å². The molecule has 0 heterocycles. The minimum atomic E-state index is -1.66. The first-order valence-electron chi connectivity index (χ1n) is 7.38. The normalized spacial score (nSPS) is 50.3. The largest absolute Gasteiger partial charge is 0.399 e. The van der Waals surface area contributed by atoms with Crippen LogP contribution in [-0.4, -0.2) is 13.9 Å². The molecule has 4 rings (SSSR count). The Kier molecular flexibility index (Phi) is 2.54. The molecule has 0 amide bonds. The topological polar surface area (TPSA) is 33.0 Å². The maximum atomic E-state index is 9.84. The summed E-state index contributed by atoms with van der Waals surface area (Å²) in [6, 6.07) is 2.65. The van der Waals surface area contributed by atoms with E-state index in [4.69, 9.17) is 4.43 Å². The van der Waals surface area contributed by atoms with Crippen molar-refractivity contribution in [2.24, 2.45) is 23.2 Å². The third kappa shape index (κ3) is 1.77. The van der Waals surface area contributed by atoms with E-state index < -0.39 is 13.9 Å². The van der Waals surface area contributed by atoms with Gasteiger partial charge in [-0.25, -0.2) is 0 Å². The fourth-order valence-electron chi connectivity index (χ4n) is 5.24. The second-order valence-corrected chi connectivity index (χ2v) is 12.7. The highest BCUT2D eigenvalue weighted by molar-refractivity contribution is 6.69. The average molecular weight is 263 g/mol. The zero-order valence-corrected chi connectivity index (χ0v) is 13.1. The summed E-state index contributed by atoms with van der Waals surface area (Å²) in [4.78, 5) is 0. The summed E-state index contributed by atoms with van der Waals surface area (Å²) in [5, 5.41) is 9.84. The summed E-state index contributed by atoms with van der Waals surface area (Å²) in [5.41, 5.74) is 0.0839. The smallest absolute Gasteiger partial charge is 0.185 e.